The number of hydrogen-bond acceptors (Lipinski definition) is 5. The highest BCUT2D eigenvalue weighted by atomic mass is 32.2. The summed E-state index contributed by atoms with van der Waals surface area (Å²) in [5.41, 5.74) is -0.454. The summed E-state index contributed by atoms with van der Waals surface area (Å²) in [6.07, 6.45) is 1.60. The van der Waals surface area contributed by atoms with Gasteiger partial charge >= 0.3 is 0 Å². The van der Waals surface area contributed by atoms with Gasteiger partial charge in [-0.2, -0.15) is 17.0 Å². The van der Waals surface area contributed by atoms with E-state index in [1.807, 2.05) is 25.7 Å². The van der Waals surface area contributed by atoms with Crippen LogP contribution in [0.5, 0.6) is 0 Å². The molecule has 1 atom stereocenters. The van der Waals surface area contributed by atoms with Gasteiger partial charge < -0.3 is 14.5 Å². The molecule has 10 heteroatoms. The Kier molecular flexibility index (Phi) is 6.87. The van der Waals surface area contributed by atoms with Crippen molar-refractivity contribution in [2.75, 3.05) is 65.6 Å². The van der Waals surface area contributed by atoms with E-state index in [0.29, 0.717) is 65.6 Å². The fourth-order valence-corrected chi connectivity index (χ4v) is 5.74. The maximum atomic E-state index is 13.0. The van der Waals surface area contributed by atoms with E-state index in [4.69, 9.17) is 4.74 Å². The molecule has 2 amide bonds. The van der Waals surface area contributed by atoms with E-state index in [0.717, 1.165) is 12.8 Å². The van der Waals surface area contributed by atoms with Crippen LogP contribution < -0.4 is 0 Å². The van der Waals surface area contributed by atoms with Crippen LogP contribution in [0.2, 0.25) is 0 Å². The standard InChI is InChI=1S/C19H34N4O5S/c1-19(2,3)18(25)21-6-4-5-16(15-21)17(24)20-7-9-22(10-8-20)29(26,27)23-11-13-28-14-12-23/h16H,4-15H2,1-3H3. The van der Waals surface area contributed by atoms with Gasteiger partial charge in [0.15, 0.2) is 0 Å². The van der Waals surface area contributed by atoms with Crippen LogP contribution in [0, 0.1) is 11.3 Å². The van der Waals surface area contributed by atoms with Gasteiger partial charge in [-0.1, -0.05) is 20.8 Å². The van der Waals surface area contributed by atoms with Crippen molar-refractivity contribution in [1.82, 2.24) is 18.4 Å². The molecule has 29 heavy (non-hydrogen) atoms. The number of morpholine rings is 1. The zero-order chi connectivity index (χ0) is 21.2. The van der Waals surface area contributed by atoms with Crippen molar-refractivity contribution < 1.29 is 22.7 Å². The van der Waals surface area contributed by atoms with Crippen molar-refractivity contribution in [1.29, 1.82) is 0 Å². The van der Waals surface area contributed by atoms with Crippen molar-refractivity contribution in [2.24, 2.45) is 11.3 Å². The quantitative estimate of drug-likeness (QED) is 0.628. The van der Waals surface area contributed by atoms with Crippen LogP contribution in [0.4, 0.5) is 0 Å². The SMILES string of the molecule is CC(C)(C)C(=O)N1CCCC(C(=O)N2CCN(S(=O)(=O)N3CCOCC3)CC2)C1. The van der Waals surface area contributed by atoms with Gasteiger partial charge in [-0.25, -0.2) is 0 Å². The summed E-state index contributed by atoms with van der Waals surface area (Å²) in [6.45, 7) is 9.85. The van der Waals surface area contributed by atoms with Crippen LogP contribution in [-0.4, -0.2) is 104 Å². The predicted molar refractivity (Wildman–Crippen MR) is 108 cm³/mol. The number of hydrogen-bond donors (Lipinski definition) is 0. The van der Waals surface area contributed by atoms with Gasteiger partial charge in [0.25, 0.3) is 10.2 Å². The van der Waals surface area contributed by atoms with Crippen LogP contribution >= 0.6 is 0 Å². The molecule has 166 valence electrons. The lowest BCUT2D eigenvalue weighted by Gasteiger charge is -2.41. The topological polar surface area (TPSA) is 90.5 Å². The number of nitrogens with zero attached hydrogens (tertiary/aromatic N) is 4. The molecular weight excluding hydrogens is 396 g/mol. The number of carbonyl (C=O) groups excluding carboxylic acids is 2. The second kappa shape index (κ2) is 8.87. The first-order chi connectivity index (χ1) is 13.6. The molecule has 0 aromatic heterocycles. The summed E-state index contributed by atoms with van der Waals surface area (Å²) in [5, 5.41) is 0. The molecule has 3 fully saturated rings. The second-order valence-corrected chi connectivity index (χ2v) is 11.0. The predicted octanol–water partition coefficient (Wildman–Crippen LogP) is -0.00770. The van der Waals surface area contributed by atoms with Crippen molar-refractivity contribution in [3.05, 3.63) is 0 Å². The number of carbonyl (C=O) groups is 2. The molecule has 3 aliphatic rings. The first-order valence-electron chi connectivity index (χ1n) is 10.5. The van der Waals surface area contributed by atoms with E-state index in [2.05, 4.69) is 0 Å². The zero-order valence-corrected chi connectivity index (χ0v) is 18.6. The Labute approximate surface area is 174 Å². The molecule has 0 spiro atoms. The van der Waals surface area contributed by atoms with Gasteiger partial charge in [0.1, 0.15) is 0 Å². The number of rotatable bonds is 3. The largest absolute Gasteiger partial charge is 0.379 e. The summed E-state index contributed by atoms with van der Waals surface area (Å²) >= 11 is 0. The van der Waals surface area contributed by atoms with Crippen LogP contribution in [-0.2, 0) is 24.5 Å². The van der Waals surface area contributed by atoms with Crippen molar-refractivity contribution in [3.63, 3.8) is 0 Å². The molecule has 9 nitrogen and oxygen atoms in total. The number of likely N-dealkylation sites (tertiary alicyclic amines) is 1. The number of amides is 2. The van der Waals surface area contributed by atoms with E-state index >= 15 is 0 Å². The Morgan fingerprint density at radius 3 is 2.03 bits per heavy atom. The lowest BCUT2D eigenvalue weighted by Crippen LogP contribution is -2.57. The van der Waals surface area contributed by atoms with Gasteiger partial charge in [-0.15, -0.1) is 0 Å². The molecular formula is C19H34N4O5S. The van der Waals surface area contributed by atoms with E-state index < -0.39 is 15.6 Å². The Morgan fingerprint density at radius 2 is 1.45 bits per heavy atom. The Hall–Kier alpha value is -1.23. The summed E-state index contributed by atoms with van der Waals surface area (Å²) in [6, 6.07) is 0. The van der Waals surface area contributed by atoms with Crippen LogP contribution in [0.25, 0.3) is 0 Å². The molecule has 0 bridgehead atoms. The summed E-state index contributed by atoms with van der Waals surface area (Å²) < 4.78 is 33.7. The van der Waals surface area contributed by atoms with Crippen LogP contribution in [0.1, 0.15) is 33.6 Å². The molecule has 0 N–H and O–H groups in total. The molecule has 0 aromatic rings. The highest BCUT2D eigenvalue weighted by molar-refractivity contribution is 7.86. The van der Waals surface area contributed by atoms with E-state index in [1.54, 1.807) is 4.90 Å². The van der Waals surface area contributed by atoms with E-state index in [-0.39, 0.29) is 17.7 Å². The van der Waals surface area contributed by atoms with Crippen LogP contribution in [0.15, 0.2) is 0 Å². The molecule has 0 radical (unpaired) electrons. The molecule has 3 aliphatic heterocycles. The minimum absolute atomic E-state index is 0.0415. The second-order valence-electron chi connectivity index (χ2n) is 9.08. The highest BCUT2D eigenvalue weighted by Crippen LogP contribution is 2.25. The van der Waals surface area contributed by atoms with Crippen LogP contribution in [0.3, 0.4) is 0 Å². The lowest BCUT2D eigenvalue weighted by molar-refractivity contribution is -0.145. The molecule has 0 saturated carbocycles. The number of piperidine rings is 1. The van der Waals surface area contributed by atoms with Crippen molar-refractivity contribution in [3.8, 4) is 0 Å². The minimum atomic E-state index is -3.50. The van der Waals surface area contributed by atoms with Gasteiger partial charge in [-0.05, 0) is 12.8 Å². The third-order valence-electron chi connectivity index (χ3n) is 5.87. The van der Waals surface area contributed by atoms with Gasteiger partial charge in [-0.3, -0.25) is 9.59 Å². The first kappa shape index (κ1) is 22.5. The monoisotopic (exact) mass is 430 g/mol. The maximum absolute atomic E-state index is 13.0. The Balaban J connectivity index is 1.55. The third kappa shape index (κ3) is 5.10. The van der Waals surface area contributed by atoms with Gasteiger partial charge in [0.05, 0.1) is 19.1 Å². The first-order valence-corrected chi connectivity index (χ1v) is 11.9. The fraction of sp³-hybridized carbons (Fsp3) is 0.895. The van der Waals surface area contributed by atoms with Crippen molar-refractivity contribution >= 4 is 22.0 Å². The zero-order valence-electron chi connectivity index (χ0n) is 17.8. The average molecular weight is 431 g/mol. The molecule has 0 aliphatic carbocycles. The van der Waals surface area contributed by atoms with Gasteiger partial charge in [0, 0.05) is 57.8 Å². The molecule has 0 aromatic carbocycles. The normalized spacial score (nSPS) is 25.8. The molecule has 3 heterocycles. The lowest BCUT2D eigenvalue weighted by atomic mass is 9.90. The Morgan fingerprint density at radius 1 is 0.862 bits per heavy atom. The minimum Gasteiger partial charge on any atom is -0.379 e. The summed E-state index contributed by atoms with van der Waals surface area (Å²) in [4.78, 5) is 29.2. The summed E-state index contributed by atoms with van der Waals surface area (Å²) in [7, 11) is -3.50. The highest BCUT2D eigenvalue weighted by Gasteiger charge is 2.38. The van der Waals surface area contributed by atoms with E-state index in [9.17, 15) is 18.0 Å². The van der Waals surface area contributed by atoms with Gasteiger partial charge in [0.2, 0.25) is 11.8 Å². The van der Waals surface area contributed by atoms with Crippen molar-refractivity contribution in [2.45, 2.75) is 33.6 Å². The maximum Gasteiger partial charge on any atom is 0.282 e. The number of piperazine rings is 1. The Bertz CT molecular complexity index is 707. The summed E-state index contributed by atoms with van der Waals surface area (Å²) in [5.74, 6) is -0.0753. The fourth-order valence-electron chi connectivity index (χ4n) is 4.18. The smallest absolute Gasteiger partial charge is 0.282 e. The number of ether oxygens (including phenoxy) is 1. The molecule has 1 unspecified atom stereocenters. The molecule has 3 rings (SSSR count). The molecule has 3 saturated heterocycles. The third-order valence-corrected chi connectivity index (χ3v) is 7.91. The average Bonchev–Trinajstić information content (AvgIpc) is 2.73. The van der Waals surface area contributed by atoms with E-state index in [1.165, 1.54) is 8.61 Å².